The first-order valence-electron chi connectivity index (χ1n) is 10.7. The summed E-state index contributed by atoms with van der Waals surface area (Å²) in [4.78, 5) is 19.0. The van der Waals surface area contributed by atoms with E-state index in [9.17, 15) is 4.39 Å². The average molecular weight is 428 g/mol. The molecule has 1 aliphatic rings. The molecule has 1 fully saturated rings. The number of piperidine rings is 1. The number of nitrogen functional groups attached to an aromatic ring is 1. The SMILES string of the molecule is Nc1cncc(-c2cc3c(-c4nc5nccc(N6CCCCC6)c5[nH]4)n[nH]c3cc2F)c1. The minimum absolute atomic E-state index is 0.376. The van der Waals surface area contributed by atoms with Crippen LogP contribution in [0.25, 0.3) is 44.7 Å². The highest BCUT2D eigenvalue weighted by atomic mass is 19.1. The molecule has 0 atom stereocenters. The quantitative estimate of drug-likeness (QED) is 0.395. The van der Waals surface area contributed by atoms with E-state index in [-0.39, 0.29) is 5.82 Å². The monoisotopic (exact) mass is 428 g/mol. The number of hydrogen-bond acceptors (Lipinski definition) is 6. The Kier molecular flexibility index (Phi) is 4.27. The number of rotatable bonds is 3. The van der Waals surface area contributed by atoms with E-state index in [0.29, 0.717) is 39.5 Å². The summed E-state index contributed by atoms with van der Waals surface area (Å²) >= 11 is 0. The molecule has 8 nitrogen and oxygen atoms in total. The van der Waals surface area contributed by atoms with Gasteiger partial charge in [0.05, 0.1) is 16.9 Å². The predicted octanol–water partition coefficient (Wildman–Crippen LogP) is 4.27. The normalized spacial score (nSPS) is 14.5. The number of aromatic nitrogens is 6. The molecule has 0 saturated carbocycles. The van der Waals surface area contributed by atoms with E-state index in [1.165, 1.54) is 31.5 Å². The van der Waals surface area contributed by atoms with Crippen molar-refractivity contribution >= 4 is 33.4 Å². The van der Waals surface area contributed by atoms with Crippen LogP contribution in [0.15, 0.2) is 42.9 Å². The number of H-pyrrole nitrogens is 2. The number of benzene rings is 1. The number of nitrogens with zero attached hydrogens (tertiary/aromatic N) is 5. The first kappa shape index (κ1) is 18.7. The molecule has 0 amide bonds. The Labute approximate surface area is 182 Å². The van der Waals surface area contributed by atoms with Crippen molar-refractivity contribution in [3.05, 3.63) is 48.7 Å². The topological polar surface area (TPSA) is 112 Å². The van der Waals surface area contributed by atoms with Crippen LogP contribution in [-0.4, -0.2) is 43.2 Å². The van der Waals surface area contributed by atoms with Gasteiger partial charge in [-0.1, -0.05) is 0 Å². The van der Waals surface area contributed by atoms with Crippen LogP contribution in [0.2, 0.25) is 0 Å². The van der Waals surface area contributed by atoms with E-state index in [0.717, 1.165) is 29.7 Å². The van der Waals surface area contributed by atoms with E-state index in [4.69, 9.17) is 10.7 Å². The summed E-state index contributed by atoms with van der Waals surface area (Å²) < 4.78 is 14.8. The minimum atomic E-state index is -0.376. The number of nitrogens with one attached hydrogen (secondary N) is 2. The Morgan fingerprint density at radius 3 is 2.78 bits per heavy atom. The van der Waals surface area contributed by atoms with Crippen molar-refractivity contribution < 1.29 is 4.39 Å². The van der Waals surface area contributed by atoms with Gasteiger partial charge < -0.3 is 15.6 Å². The summed E-state index contributed by atoms with van der Waals surface area (Å²) in [5.41, 5.74) is 11.2. The number of halogens is 1. The Hall–Kier alpha value is -4.01. The maximum Gasteiger partial charge on any atom is 0.180 e. The third kappa shape index (κ3) is 3.05. The molecule has 160 valence electrons. The number of hydrogen-bond donors (Lipinski definition) is 3. The lowest BCUT2D eigenvalue weighted by Gasteiger charge is -2.28. The van der Waals surface area contributed by atoms with Gasteiger partial charge in [-0.2, -0.15) is 5.10 Å². The largest absolute Gasteiger partial charge is 0.397 e. The summed E-state index contributed by atoms with van der Waals surface area (Å²) in [6.07, 6.45) is 8.55. The molecule has 5 heterocycles. The summed E-state index contributed by atoms with van der Waals surface area (Å²) in [5.74, 6) is 0.213. The van der Waals surface area contributed by atoms with Gasteiger partial charge in [-0.3, -0.25) is 10.1 Å². The number of aromatic amines is 2. The zero-order chi connectivity index (χ0) is 21.7. The lowest BCUT2D eigenvalue weighted by molar-refractivity contribution is 0.578. The van der Waals surface area contributed by atoms with Crippen molar-refractivity contribution in [3.8, 4) is 22.6 Å². The summed E-state index contributed by atoms with van der Waals surface area (Å²) in [6, 6.07) is 6.92. The minimum Gasteiger partial charge on any atom is -0.397 e. The summed E-state index contributed by atoms with van der Waals surface area (Å²) in [7, 11) is 0. The first-order chi connectivity index (χ1) is 15.7. The van der Waals surface area contributed by atoms with E-state index in [2.05, 4.69) is 30.0 Å². The average Bonchev–Trinajstić information content (AvgIpc) is 3.42. The zero-order valence-electron chi connectivity index (χ0n) is 17.3. The molecule has 1 saturated heterocycles. The van der Waals surface area contributed by atoms with Gasteiger partial charge in [-0.15, -0.1) is 0 Å². The fraction of sp³-hybridized carbons (Fsp3) is 0.217. The van der Waals surface area contributed by atoms with Crippen molar-refractivity contribution in [2.75, 3.05) is 23.7 Å². The molecule has 9 heteroatoms. The van der Waals surface area contributed by atoms with E-state index < -0.39 is 0 Å². The summed E-state index contributed by atoms with van der Waals surface area (Å²) in [6.45, 7) is 2.05. The highest BCUT2D eigenvalue weighted by Crippen LogP contribution is 2.34. The molecule has 6 rings (SSSR count). The van der Waals surface area contributed by atoms with Crippen molar-refractivity contribution in [3.63, 3.8) is 0 Å². The number of imidazole rings is 1. The van der Waals surface area contributed by atoms with E-state index in [1.807, 2.05) is 6.07 Å². The second kappa shape index (κ2) is 7.30. The van der Waals surface area contributed by atoms with Crippen LogP contribution < -0.4 is 10.6 Å². The first-order valence-corrected chi connectivity index (χ1v) is 10.7. The molecule has 4 aromatic heterocycles. The van der Waals surface area contributed by atoms with Gasteiger partial charge in [0.25, 0.3) is 0 Å². The molecular weight excluding hydrogens is 407 g/mol. The molecule has 1 aromatic carbocycles. The third-order valence-corrected chi connectivity index (χ3v) is 6.01. The van der Waals surface area contributed by atoms with E-state index in [1.54, 1.807) is 24.5 Å². The number of anilines is 2. The molecule has 0 radical (unpaired) electrons. The second-order valence-electron chi connectivity index (χ2n) is 8.12. The van der Waals surface area contributed by atoms with Crippen molar-refractivity contribution in [1.82, 2.24) is 30.1 Å². The number of nitrogens with two attached hydrogens (primary N) is 1. The van der Waals surface area contributed by atoms with Crippen LogP contribution in [0.1, 0.15) is 19.3 Å². The highest BCUT2D eigenvalue weighted by molar-refractivity contribution is 5.97. The predicted molar refractivity (Wildman–Crippen MR) is 123 cm³/mol. The molecule has 0 unspecified atom stereocenters. The number of fused-ring (bicyclic) bond motifs is 2. The van der Waals surface area contributed by atoms with Gasteiger partial charge >= 0.3 is 0 Å². The van der Waals surface area contributed by atoms with Gasteiger partial charge in [-0.05, 0) is 37.5 Å². The maximum atomic E-state index is 14.8. The van der Waals surface area contributed by atoms with Crippen molar-refractivity contribution in [2.24, 2.45) is 0 Å². The molecule has 0 spiro atoms. The zero-order valence-corrected chi connectivity index (χ0v) is 17.3. The van der Waals surface area contributed by atoms with Gasteiger partial charge in [-0.25, -0.2) is 14.4 Å². The van der Waals surface area contributed by atoms with Crippen molar-refractivity contribution in [2.45, 2.75) is 19.3 Å². The van der Waals surface area contributed by atoms with Crippen LogP contribution >= 0.6 is 0 Å². The molecule has 32 heavy (non-hydrogen) atoms. The van der Waals surface area contributed by atoms with E-state index >= 15 is 0 Å². The Bertz CT molecular complexity index is 1450. The van der Waals surface area contributed by atoms with Crippen LogP contribution in [0.5, 0.6) is 0 Å². The second-order valence-corrected chi connectivity index (χ2v) is 8.12. The Morgan fingerprint density at radius 2 is 1.94 bits per heavy atom. The van der Waals surface area contributed by atoms with Crippen molar-refractivity contribution in [1.29, 1.82) is 0 Å². The smallest absolute Gasteiger partial charge is 0.180 e. The van der Waals surface area contributed by atoms with Gasteiger partial charge in [0.15, 0.2) is 11.5 Å². The fourth-order valence-electron chi connectivity index (χ4n) is 4.45. The molecule has 0 aliphatic carbocycles. The maximum absolute atomic E-state index is 14.8. The van der Waals surface area contributed by atoms with Gasteiger partial charge in [0, 0.05) is 54.3 Å². The van der Waals surface area contributed by atoms with Crippen LogP contribution in [-0.2, 0) is 0 Å². The molecule has 1 aliphatic heterocycles. The standard InChI is InChI=1S/C23H21FN8/c24-17-10-18-16(9-15(17)13-8-14(25)12-26-11-13)20(31-30-18)23-28-21-19(4-5-27-22(21)29-23)32-6-2-1-3-7-32/h4-5,8-12H,1-3,6-7,25H2,(H,30,31)(H,27,28,29). The third-order valence-electron chi connectivity index (χ3n) is 6.01. The fourth-order valence-corrected chi connectivity index (χ4v) is 4.45. The Morgan fingerprint density at radius 1 is 1.06 bits per heavy atom. The Balaban J connectivity index is 1.49. The lowest BCUT2D eigenvalue weighted by Crippen LogP contribution is -2.29. The van der Waals surface area contributed by atoms with Crippen LogP contribution in [0, 0.1) is 5.82 Å². The molecule has 5 aromatic rings. The summed E-state index contributed by atoms with van der Waals surface area (Å²) in [5, 5.41) is 8.10. The molecule has 4 N–H and O–H groups in total. The van der Waals surface area contributed by atoms with Gasteiger partial charge in [0.1, 0.15) is 17.0 Å². The van der Waals surface area contributed by atoms with Crippen LogP contribution in [0.4, 0.5) is 15.8 Å². The lowest BCUT2D eigenvalue weighted by atomic mass is 10.0. The molecule has 0 bridgehead atoms. The van der Waals surface area contributed by atoms with Crippen LogP contribution in [0.3, 0.4) is 0 Å². The molecular formula is C23H21FN8. The highest BCUT2D eigenvalue weighted by Gasteiger charge is 2.20. The van der Waals surface area contributed by atoms with Gasteiger partial charge in [0.2, 0.25) is 0 Å². The number of pyridine rings is 2.